The minimum Gasteiger partial charge on any atom is -0.480 e. The first-order valence-electron chi connectivity index (χ1n) is 6.98. The van der Waals surface area contributed by atoms with E-state index in [4.69, 9.17) is 5.11 Å². The number of carboxylic acid groups (broad SMARTS) is 1. The molecule has 21 heavy (non-hydrogen) atoms. The highest BCUT2D eigenvalue weighted by molar-refractivity contribution is 7.89. The van der Waals surface area contributed by atoms with Crippen molar-refractivity contribution in [3.63, 3.8) is 0 Å². The van der Waals surface area contributed by atoms with Crippen LogP contribution >= 0.6 is 0 Å². The predicted molar refractivity (Wildman–Crippen MR) is 81.7 cm³/mol. The van der Waals surface area contributed by atoms with E-state index >= 15 is 0 Å². The summed E-state index contributed by atoms with van der Waals surface area (Å²) in [6, 6.07) is 5.40. The maximum atomic E-state index is 12.2. The molecule has 1 rings (SSSR count). The molecule has 1 aromatic rings. The highest BCUT2D eigenvalue weighted by Gasteiger charge is 2.26. The van der Waals surface area contributed by atoms with Crippen molar-refractivity contribution in [3.8, 4) is 0 Å². The van der Waals surface area contributed by atoms with Crippen molar-refractivity contribution in [1.29, 1.82) is 0 Å². The molecule has 0 saturated heterocycles. The topological polar surface area (TPSA) is 83.5 Å². The first kappa shape index (κ1) is 17.7. The third kappa shape index (κ3) is 5.13. The Balaban J connectivity index is 2.96. The van der Waals surface area contributed by atoms with Crippen LogP contribution in [-0.4, -0.2) is 25.5 Å². The molecule has 6 heteroatoms. The number of carboxylic acids is 1. The van der Waals surface area contributed by atoms with Gasteiger partial charge in [0.1, 0.15) is 6.04 Å². The van der Waals surface area contributed by atoms with Crippen LogP contribution in [0.2, 0.25) is 0 Å². The third-order valence-corrected chi connectivity index (χ3v) is 4.65. The fraction of sp³-hybridized carbons (Fsp3) is 0.533. The van der Waals surface area contributed by atoms with Crippen LogP contribution in [0.5, 0.6) is 0 Å². The standard InChI is InChI=1S/C15H23NO4S/c1-10(2)9-14(15(17)18)16-21(19,20)13-7-5-12(6-8-13)11(3)4/h5-8,10-11,14,16H,9H2,1-4H3,(H,17,18)/t14-/m1/s1. The normalized spacial score (nSPS) is 13.6. The average molecular weight is 313 g/mol. The Morgan fingerprint density at radius 1 is 1.14 bits per heavy atom. The molecular formula is C15H23NO4S. The molecule has 1 aromatic carbocycles. The van der Waals surface area contributed by atoms with Gasteiger partial charge in [0.05, 0.1) is 4.90 Å². The Morgan fingerprint density at radius 3 is 2.05 bits per heavy atom. The number of benzene rings is 1. The van der Waals surface area contributed by atoms with Crippen molar-refractivity contribution in [3.05, 3.63) is 29.8 Å². The molecule has 0 aromatic heterocycles. The van der Waals surface area contributed by atoms with Crippen molar-refractivity contribution >= 4 is 16.0 Å². The summed E-state index contributed by atoms with van der Waals surface area (Å²) in [6.07, 6.45) is 0.249. The second-order valence-corrected chi connectivity index (χ2v) is 7.58. The SMILES string of the molecule is CC(C)C[C@@H](NS(=O)(=O)c1ccc(C(C)C)cc1)C(=O)O. The van der Waals surface area contributed by atoms with Crippen molar-refractivity contribution in [2.75, 3.05) is 0 Å². The lowest BCUT2D eigenvalue weighted by atomic mass is 10.0. The van der Waals surface area contributed by atoms with E-state index in [0.717, 1.165) is 5.56 Å². The Bertz CT molecular complexity index is 576. The lowest BCUT2D eigenvalue weighted by Gasteiger charge is -2.17. The highest BCUT2D eigenvalue weighted by Crippen LogP contribution is 2.18. The van der Waals surface area contributed by atoms with Crippen molar-refractivity contribution in [1.82, 2.24) is 4.72 Å². The number of hydrogen-bond donors (Lipinski definition) is 2. The molecule has 118 valence electrons. The molecule has 0 unspecified atom stereocenters. The number of nitrogens with one attached hydrogen (secondary N) is 1. The molecular weight excluding hydrogens is 290 g/mol. The van der Waals surface area contributed by atoms with Gasteiger partial charge in [-0.1, -0.05) is 39.8 Å². The summed E-state index contributed by atoms with van der Waals surface area (Å²) in [5.74, 6) is -0.773. The maximum absolute atomic E-state index is 12.2. The second-order valence-electron chi connectivity index (χ2n) is 5.87. The zero-order valence-corrected chi connectivity index (χ0v) is 13.6. The fourth-order valence-electron chi connectivity index (χ4n) is 1.96. The van der Waals surface area contributed by atoms with Gasteiger partial charge in [-0.15, -0.1) is 0 Å². The number of sulfonamides is 1. The number of rotatable bonds is 7. The van der Waals surface area contributed by atoms with Crippen molar-refractivity contribution in [2.24, 2.45) is 5.92 Å². The molecule has 2 N–H and O–H groups in total. The number of carbonyl (C=O) groups is 1. The van der Waals surface area contributed by atoms with Gasteiger partial charge in [-0.25, -0.2) is 8.42 Å². The van der Waals surface area contributed by atoms with Crippen LogP contribution < -0.4 is 4.72 Å². The van der Waals surface area contributed by atoms with Gasteiger partial charge in [0.2, 0.25) is 10.0 Å². The Hall–Kier alpha value is -1.40. The first-order chi connectivity index (χ1) is 9.63. The molecule has 0 bridgehead atoms. The maximum Gasteiger partial charge on any atom is 0.321 e. The summed E-state index contributed by atoms with van der Waals surface area (Å²) in [5.41, 5.74) is 1.03. The molecule has 5 nitrogen and oxygen atoms in total. The van der Waals surface area contributed by atoms with Crippen LogP contribution in [0.1, 0.15) is 45.6 Å². The Labute approximate surface area is 126 Å². The van der Waals surface area contributed by atoms with Gasteiger partial charge < -0.3 is 5.11 Å². The van der Waals surface area contributed by atoms with Crippen molar-refractivity contribution < 1.29 is 18.3 Å². The molecule has 0 fully saturated rings. The third-order valence-electron chi connectivity index (χ3n) is 3.16. The fourth-order valence-corrected chi connectivity index (χ4v) is 3.16. The highest BCUT2D eigenvalue weighted by atomic mass is 32.2. The van der Waals surface area contributed by atoms with Gasteiger partial charge in [-0.2, -0.15) is 4.72 Å². The van der Waals surface area contributed by atoms with Crippen LogP contribution in [0.4, 0.5) is 0 Å². The lowest BCUT2D eigenvalue weighted by molar-refractivity contribution is -0.139. The van der Waals surface area contributed by atoms with Crippen molar-refractivity contribution in [2.45, 2.75) is 51.0 Å². The van der Waals surface area contributed by atoms with E-state index in [1.165, 1.54) is 12.1 Å². The van der Waals surface area contributed by atoms with E-state index in [1.807, 2.05) is 27.7 Å². The van der Waals surface area contributed by atoms with E-state index in [2.05, 4.69) is 4.72 Å². The van der Waals surface area contributed by atoms with E-state index in [0.29, 0.717) is 5.92 Å². The van der Waals surface area contributed by atoms with Gasteiger partial charge in [-0.3, -0.25) is 4.79 Å². The molecule has 0 aliphatic carbocycles. The van der Waals surface area contributed by atoms with E-state index in [9.17, 15) is 13.2 Å². The van der Waals surface area contributed by atoms with Gasteiger partial charge >= 0.3 is 5.97 Å². The van der Waals surface area contributed by atoms with Crippen LogP contribution in [-0.2, 0) is 14.8 Å². The van der Waals surface area contributed by atoms with Gasteiger partial charge in [0.25, 0.3) is 0 Å². The quantitative estimate of drug-likeness (QED) is 0.810. The minimum atomic E-state index is -3.82. The van der Waals surface area contributed by atoms with E-state index in [-0.39, 0.29) is 17.2 Å². The monoisotopic (exact) mass is 313 g/mol. The van der Waals surface area contributed by atoms with Crippen LogP contribution in [0.3, 0.4) is 0 Å². The molecule has 0 radical (unpaired) electrons. The molecule has 0 saturated carbocycles. The molecule has 0 heterocycles. The number of hydrogen-bond acceptors (Lipinski definition) is 3. The summed E-state index contributed by atoms with van der Waals surface area (Å²) in [6.45, 7) is 7.74. The molecule has 0 spiro atoms. The molecule has 0 aliphatic rings. The summed E-state index contributed by atoms with van der Waals surface area (Å²) in [5, 5.41) is 9.12. The zero-order chi connectivity index (χ0) is 16.2. The summed E-state index contributed by atoms with van der Waals surface area (Å²) in [7, 11) is -3.82. The lowest BCUT2D eigenvalue weighted by Crippen LogP contribution is -2.41. The van der Waals surface area contributed by atoms with Crippen LogP contribution in [0.25, 0.3) is 0 Å². The predicted octanol–water partition coefficient (Wildman–Crippen LogP) is 2.59. The van der Waals surface area contributed by atoms with Gasteiger partial charge in [0, 0.05) is 0 Å². The Morgan fingerprint density at radius 2 is 1.67 bits per heavy atom. The largest absolute Gasteiger partial charge is 0.480 e. The van der Waals surface area contributed by atoms with E-state index < -0.39 is 22.0 Å². The zero-order valence-electron chi connectivity index (χ0n) is 12.8. The average Bonchev–Trinajstić information content (AvgIpc) is 2.37. The van der Waals surface area contributed by atoms with Gasteiger partial charge in [-0.05, 0) is 36.0 Å². The summed E-state index contributed by atoms with van der Waals surface area (Å²) in [4.78, 5) is 11.2. The number of aliphatic carboxylic acids is 1. The first-order valence-corrected chi connectivity index (χ1v) is 8.47. The summed E-state index contributed by atoms with van der Waals surface area (Å²) < 4.78 is 26.7. The smallest absolute Gasteiger partial charge is 0.321 e. The van der Waals surface area contributed by atoms with E-state index in [1.54, 1.807) is 12.1 Å². The molecule has 0 aliphatic heterocycles. The summed E-state index contributed by atoms with van der Waals surface area (Å²) >= 11 is 0. The van der Waals surface area contributed by atoms with Crippen LogP contribution in [0, 0.1) is 5.92 Å². The van der Waals surface area contributed by atoms with Crippen LogP contribution in [0.15, 0.2) is 29.2 Å². The second kappa shape index (κ2) is 7.04. The minimum absolute atomic E-state index is 0.0807. The molecule has 1 atom stereocenters. The Kier molecular flexibility index (Phi) is 5.92. The molecule has 0 amide bonds. The van der Waals surface area contributed by atoms with Gasteiger partial charge in [0.15, 0.2) is 0 Å².